The van der Waals surface area contributed by atoms with Gasteiger partial charge < -0.3 is 14.7 Å². The lowest BCUT2D eigenvalue weighted by molar-refractivity contribution is -0.141. The summed E-state index contributed by atoms with van der Waals surface area (Å²) in [6.45, 7) is 1.90. The highest BCUT2D eigenvalue weighted by atomic mass is 19.1. The molecule has 0 saturated carbocycles. The van der Waals surface area contributed by atoms with Crippen LogP contribution in [0.25, 0.3) is 16.6 Å². The third-order valence-corrected chi connectivity index (χ3v) is 5.14. The van der Waals surface area contributed by atoms with E-state index in [4.69, 9.17) is 0 Å². The van der Waals surface area contributed by atoms with Crippen LogP contribution < -0.4 is 0 Å². The number of hydrogen-bond donors (Lipinski definition) is 2. The highest BCUT2D eigenvalue weighted by Crippen LogP contribution is 2.26. The van der Waals surface area contributed by atoms with E-state index < -0.39 is 11.9 Å². The summed E-state index contributed by atoms with van der Waals surface area (Å²) >= 11 is 0. The molecule has 28 heavy (non-hydrogen) atoms. The van der Waals surface area contributed by atoms with Gasteiger partial charge in [0.15, 0.2) is 0 Å². The molecule has 2 heterocycles. The van der Waals surface area contributed by atoms with Crippen molar-refractivity contribution in [3.05, 3.63) is 83.8 Å². The number of halogens is 1. The van der Waals surface area contributed by atoms with E-state index in [0.717, 1.165) is 33.4 Å². The van der Waals surface area contributed by atoms with Crippen LogP contribution in [0.15, 0.2) is 61.2 Å². The Morgan fingerprint density at radius 3 is 2.68 bits per heavy atom. The second-order valence-electron chi connectivity index (χ2n) is 7.00. The van der Waals surface area contributed by atoms with E-state index in [-0.39, 0.29) is 5.82 Å². The molecule has 1 unspecified atom stereocenters. The molecule has 0 aliphatic carbocycles. The summed E-state index contributed by atoms with van der Waals surface area (Å²) < 4.78 is 15.4. The van der Waals surface area contributed by atoms with Crippen molar-refractivity contribution in [2.75, 3.05) is 0 Å². The van der Waals surface area contributed by atoms with Crippen LogP contribution in [0.2, 0.25) is 0 Å². The first-order valence-electron chi connectivity index (χ1n) is 9.08. The Bertz CT molecular complexity index is 1110. The molecule has 0 amide bonds. The van der Waals surface area contributed by atoms with Gasteiger partial charge in [0.2, 0.25) is 0 Å². The zero-order valence-corrected chi connectivity index (χ0v) is 15.4. The summed E-state index contributed by atoms with van der Waals surface area (Å²) in [5.74, 6) is -1.72. The molecule has 1 atom stereocenters. The van der Waals surface area contributed by atoms with Gasteiger partial charge in [0.05, 0.1) is 12.2 Å². The molecule has 0 spiro atoms. The molecule has 4 rings (SSSR count). The van der Waals surface area contributed by atoms with E-state index in [1.165, 1.54) is 12.1 Å². The van der Waals surface area contributed by atoms with Crippen LogP contribution in [0.1, 0.15) is 16.8 Å². The SMILES string of the molecule is Cc1c(CC(Cc2ccc(-n3ccnc3)cc2)C(=O)O)[nH]c2ccc(F)cc12. The average Bonchev–Trinajstić information content (AvgIpc) is 3.31. The number of nitrogens with zero attached hydrogens (tertiary/aromatic N) is 2. The standard InChI is InChI=1S/C22H20FN3O2/c1-14-19-12-17(23)4-7-20(19)25-21(14)11-16(22(27)28)10-15-2-5-18(6-3-15)26-9-8-24-13-26/h2-9,12-13,16,25H,10-11H2,1H3,(H,27,28). The largest absolute Gasteiger partial charge is 0.481 e. The zero-order valence-electron chi connectivity index (χ0n) is 15.4. The number of carbonyl (C=O) groups is 1. The third kappa shape index (κ3) is 3.53. The molecule has 2 N–H and O–H groups in total. The Balaban J connectivity index is 1.55. The smallest absolute Gasteiger partial charge is 0.307 e. The lowest BCUT2D eigenvalue weighted by atomic mass is 9.93. The van der Waals surface area contributed by atoms with Gasteiger partial charge in [-0.05, 0) is 54.8 Å². The maximum Gasteiger partial charge on any atom is 0.307 e. The molecule has 0 bridgehead atoms. The van der Waals surface area contributed by atoms with Gasteiger partial charge in [0, 0.05) is 41.1 Å². The van der Waals surface area contributed by atoms with Crippen molar-refractivity contribution in [1.29, 1.82) is 0 Å². The van der Waals surface area contributed by atoms with Crippen LogP contribution in [-0.2, 0) is 17.6 Å². The normalized spacial score (nSPS) is 12.4. The van der Waals surface area contributed by atoms with Gasteiger partial charge in [-0.15, -0.1) is 0 Å². The second kappa shape index (κ2) is 7.31. The van der Waals surface area contributed by atoms with E-state index >= 15 is 0 Å². The topological polar surface area (TPSA) is 70.9 Å². The van der Waals surface area contributed by atoms with Crippen molar-refractivity contribution in [3.8, 4) is 5.69 Å². The summed E-state index contributed by atoms with van der Waals surface area (Å²) in [4.78, 5) is 19.1. The first-order valence-corrected chi connectivity index (χ1v) is 9.08. The first kappa shape index (κ1) is 18.0. The van der Waals surface area contributed by atoms with Gasteiger partial charge in [0.25, 0.3) is 0 Å². The molecule has 0 radical (unpaired) electrons. The molecule has 2 aromatic heterocycles. The number of fused-ring (bicyclic) bond motifs is 1. The van der Waals surface area contributed by atoms with Crippen LogP contribution in [0.4, 0.5) is 4.39 Å². The number of nitrogens with one attached hydrogen (secondary N) is 1. The monoisotopic (exact) mass is 377 g/mol. The van der Waals surface area contributed by atoms with Gasteiger partial charge >= 0.3 is 5.97 Å². The molecule has 2 aromatic carbocycles. The van der Waals surface area contributed by atoms with Crippen LogP contribution in [-0.4, -0.2) is 25.6 Å². The number of H-pyrrole nitrogens is 1. The Kier molecular flexibility index (Phi) is 4.69. The van der Waals surface area contributed by atoms with Crippen LogP contribution in [0.3, 0.4) is 0 Å². The molecule has 6 heteroatoms. The fourth-order valence-corrected chi connectivity index (χ4v) is 3.55. The fourth-order valence-electron chi connectivity index (χ4n) is 3.55. The van der Waals surface area contributed by atoms with Gasteiger partial charge in [-0.3, -0.25) is 4.79 Å². The van der Waals surface area contributed by atoms with E-state index in [1.54, 1.807) is 18.6 Å². The summed E-state index contributed by atoms with van der Waals surface area (Å²) in [6.07, 6.45) is 6.07. The number of carboxylic acid groups (broad SMARTS) is 1. The lowest BCUT2D eigenvalue weighted by Gasteiger charge is -2.13. The van der Waals surface area contributed by atoms with E-state index in [9.17, 15) is 14.3 Å². The van der Waals surface area contributed by atoms with Crippen molar-refractivity contribution >= 4 is 16.9 Å². The summed E-state index contributed by atoms with van der Waals surface area (Å²) in [7, 11) is 0. The molecular weight excluding hydrogens is 357 g/mol. The minimum atomic E-state index is -0.845. The summed E-state index contributed by atoms with van der Waals surface area (Å²) in [6, 6.07) is 12.4. The molecule has 0 fully saturated rings. The van der Waals surface area contributed by atoms with E-state index in [0.29, 0.717) is 12.8 Å². The minimum Gasteiger partial charge on any atom is -0.481 e. The van der Waals surface area contributed by atoms with Crippen molar-refractivity contribution in [1.82, 2.24) is 14.5 Å². The van der Waals surface area contributed by atoms with Crippen LogP contribution in [0.5, 0.6) is 0 Å². The number of carboxylic acids is 1. The van der Waals surface area contributed by atoms with E-state index in [2.05, 4.69) is 9.97 Å². The third-order valence-electron chi connectivity index (χ3n) is 5.14. The Morgan fingerprint density at radius 2 is 2.00 bits per heavy atom. The summed E-state index contributed by atoms with van der Waals surface area (Å²) in [5, 5.41) is 10.5. The molecule has 4 aromatic rings. The predicted octanol–water partition coefficient (Wildman–Crippen LogP) is 4.29. The maximum absolute atomic E-state index is 13.5. The Hall–Kier alpha value is -3.41. The van der Waals surface area contributed by atoms with Crippen LogP contribution in [0, 0.1) is 18.7 Å². The van der Waals surface area contributed by atoms with Gasteiger partial charge in [-0.1, -0.05) is 12.1 Å². The minimum absolute atomic E-state index is 0.297. The van der Waals surface area contributed by atoms with Crippen molar-refractivity contribution < 1.29 is 14.3 Å². The van der Waals surface area contributed by atoms with Gasteiger partial charge in [0.1, 0.15) is 5.82 Å². The molecular formula is C22H20FN3O2. The van der Waals surface area contributed by atoms with Crippen molar-refractivity contribution in [2.45, 2.75) is 19.8 Å². The number of aryl methyl sites for hydroxylation is 1. The average molecular weight is 377 g/mol. The molecule has 0 aliphatic heterocycles. The van der Waals surface area contributed by atoms with Crippen molar-refractivity contribution in [3.63, 3.8) is 0 Å². The number of aromatic amines is 1. The van der Waals surface area contributed by atoms with Gasteiger partial charge in [-0.2, -0.15) is 0 Å². The van der Waals surface area contributed by atoms with Crippen molar-refractivity contribution in [2.24, 2.45) is 5.92 Å². The second-order valence-corrected chi connectivity index (χ2v) is 7.00. The highest BCUT2D eigenvalue weighted by Gasteiger charge is 2.21. The molecule has 0 saturated heterocycles. The molecule has 5 nitrogen and oxygen atoms in total. The zero-order chi connectivity index (χ0) is 19.7. The predicted molar refractivity (Wildman–Crippen MR) is 105 cm³/mol. The summed E-state index contributed by atoms with van der Waals surface area (Å²) in [5.41, 5.74) is 4.49. The lowest BCUT2D eigenvalue weighted by Crippen LogP contribution is -2.19. The van der Waals surface area contributed by atoms with Crippen LogP contribution >= 0.6 is 0 Å². The van der Waals surface area contributed by atoms with E-state index in [1.807, 2.05) is 42.0 Å². The Labute approximate surface area is 161 Å². The number of rotatable bonds is 6. The first-order chi connectivity index (χ1) is 13.5. The number of imidazole rings is 1. The Morgan fingerprint density at radius 1 is 1.21 bits per heavy atom. The highest BCUT2D eigenvalue weighted by molar-refractivity contribution is 5.84. The number of aliphatic carboxylic acids is 1. The maximum atomic E-state index is 13.5. The molecule has 0 aliphatic rings. The number of benzene rings is 2. The molecule has 142 valence electrons. The fraction of sp³-hybridized carbons (Fsp3) is 0.182. The van der Waals surface area contributed by atoms with Gasteiger partial charge in [-0.25, -0.2) is 9.37 Å². The quantitative estimate of drug-likeness (QED) is 0.527. The number of aromatic nitrogens is 3. The number of hydrogen-bond acceptors (Lipinski definition) is 2.